The maximum absolute atomic E-state index is 11.8. The summed E-state index contributed by atoms with van der Waals surface area (Å²) in [5, 5.41) is 26.0. The van der Waals surface area contributed by atoms with Gasteiger partial charge < -0.3 is 21.1 Å². The van der Waals surface area contributed by atoms with Gasteiger partial charge >= 0.3 is 6.09 Å². The Morgan fingerprint density at radius 1 is 1.35 bits per heavy atom. The van der Waals surface area contributed by atoms with Crippen LogP contribution in [0, 0.1) is 17.2 Å². The lowest BCUT2D eigenvalue weighted by atomic mass is 9.94. The second kappa shape index (κ2) is 7.14. The first-order valence-corrected chi connectivity index (χ1v) is 8.08. The van der Waals surface area contributed by atoms with Crippen LogP contribution < -0.4 is 11.1 Å². The molecule has 134 valence electrons. The summed E-state index contributed by atoms with van der Waals surface area (Å²) < 4.78 is 1.54. The maximum Gasteiger partial charge on any atom is 0.407 e. The number of primary amides is 1. The fourth-order valence-corrected chi connectivity index (χ4v) is 3.05. The quantitative estimate of drug-likeness (QED) is 0.765. The molecule has 1 aromatic heterocycles. The first-order chi connectivity index (χ1) is 12.5. The highest BCUT2D eigenvalue weighted by Gasteiger charge is 2.34. The first kappa shape index (κ1) is 17.3. The van der Waals surface area contributed by atoms with E-state index in [9.17, 15) is 14.9 Å². The second-order valence-corrected chi connectivity index (χ2v) is 6.05. The first-order valence-electron chi connectivity index (χ1n) is 8.08. The van der Waals surface area contributed by atoms with Crippen LogP contribution in [-0.2, 0) is 0 Å². The molecule has 2 amide bonds. The molecule has 0 spiro atoms. The van der Waals surface area contributed by atoms with E-state index in [2.05, 4.69) is 16.5 Å². The van der Waals surface area contributed by atoms with Crippen molar-refractivity contribution in [3.63, 3.8) is 0 Å². The smallest absolute Gasteiger partial charge is 0.407 e. The largest absolute Gasteiger partial charge is 0.465 e. The molecule has 1 aliphatic heterocycles. The molecule has 1 aliphatic rings. The highest BCUT2D eigenvalue weighted by Crippen LogP contribution is 2.30. The van der Waals surface area contributed by atoms with Crippen LogP contribution in [0.25, 0.3) is 0 Å². The number of nitrogens with two attached hydrogens (primary N) is 1. The third kappa shape index (κ3) is 3.44. The van der Waals surface area contributed by atoms with E-state index >= 15 is 0 Å². The monoisotopic (exact) mass is 354 g/mol. The zero-order chi connectivity index (χ0) is 18.7. The highest BCUT2D eigenvalue weighted by molar-refractivity contribution is 5.98. The number of para-hydroxylation sites is 1. The molecular formula is C17H18N6O3. The summed E-state index contributed by atoms with van der Waals surface area (Å²) in [6.45, 7) is 0.398. The average Bonchev–Trinajstić information content (AvgIpc) is 3.05. The van der Waals surface area contributed by atoms with Gasteiger partial charge in [0, 0.05) is 25.0 Å². The number of hydrogen-bond acceptors (Lipinski definition) is 5. The van der Waals surface area contributed by atoms with E-state index in [1.807, 2.05) is 30.3 Å². The molecule has 0 radical (unpaired) electrons. The van der Waals surface area contributed by atoms with Gasteiger partial charge in [-0.15, -0.1) is 0 Å². The van der Waals surface area contributed by atoms with Crippen molar-refractivity contribution in [1.29, 1.82) is 5.26 Å². The minimum absolute atomic E-state index is 0.101. The number of nitriles is 1. The third-order valence-corrected chi connectivity index (χ3v) is 4.39. The Hall–Kier alpha value is -3.54. The number of carbonyl (C=O) groups is 2. The molecule has 1 saturated heterocycles. The summed E-state index contributed by atoms with van der Waals surface area (Å²) in [5.41, 5.74) is 6.42. The van der Waals surface area contributed by atoms with Crippen LogP contribution in [0.1, 0.15) is 22.8 Å². The Bertz CT molecular complexity index is 857. The Labute approximate surface area is 149 Å². The molecule has 4 N–H and O–H groups in total. The minimum Gasteiger partial charge on any atom is -0.465 e. The molecular weight excluding hydrogens is 336 g/mol. The number of benzene rings is 1. The van der Waals surface area contributed by atoms with Gasteiger partial charge in [0.1, 0.15) is 5.56 Å². The van der Waals surface area contributed by atoms with Crippen molar-refractivity contribution in [3.05, 3.63) is 42.1 Å². The molecule has 3 rings (SSSR count). The highest BCUT2D eigenvalue weighted by atomic mass is 16.4. The van der Waals surface area contributed by atoms with Gasteiger partial charge in [0.25, 0.3) is 5.91 Å². The zero-order valence-electron chi connectivity index (χ0n) is 13.9. The van der Waals surface area contributed by atoms with Crippen molar-refractivity contribution in [2.45, 2.75) is 12.5 Å². The number of aromatic nitrogens is 2. The van der Waals surface area contributed by atoms with Crippen LogP contribution in [0.5, 0.6) is 0 Å². The Morgan fingerprint density at radius 3 is 2.69 bits per heavy atom. The number of nitrogens with zero attached hydrogens (tertiary/aromatic N) is 4. The predicted molar refractivity (Wildman–Crippen MR) is 92.8 cm³/mol. The van der Waals surface area contributed by atoms with Gasteiger partial charge in [0.2, 0.25) is 0 Å². The van der Waals surface area contributed by atoms with E-state index in [0.29, 0.717) is 18.8 Å². The van der Waals surface area contributed by atoms with Crippen molar-refractivity contribution >= 4 is 23.5 Å². The average molecular weight is 354 g/mol. The van der Waals surface area contributed by atoms with Crippen molar-refractivity contribution in [1.82, 2.24) is 14.7 Å². The van der Waals surface area contributed by atoms with Crippen LogP contribution >= 0.6 is 0 Å². The normalized spacial score (nSPS) is 19.6. The van der Waals surface area contributed by atoms with Gasteiger partial charge in [0.15, 0.2) is 5.82 Å². The van der Waals surface area contributed by atoms with Crippen LogP contribution in [0.4, 0.5) is 16.3 Å². The summed E-state index contributed by atoms with van der Waals surface area (Å²) in [6.07, 6.45) is 0.891. The Balaban J connectivity index is 1.88. The van der Waals surface area contributed by atoms with Gasteiger partial charge in [0.05, 0.1) is 18.0 Å². The number of likely N-dealkylation sites (tertiary alicyclic amines) is 1. The summed E-state index contributed by atoms with van der Waals surface area (Å²) in [6, 6.07) is 11.0. The van der Waals surface area contributed by atoms with Crippen molar-refractivity contribution in [2.24, 2.45) is 11.7 Å². The topological polar surface area (TPSA) is 137 Å². The molecule has 0 saturated carbocycles. The van der Waals surface area contributed by atoms with Crippen LogP contribution in [0.2, 0.25) is 0 Å². The number of piperidine rings is 1. The van der Waals surface area contributed by atoms with E-state index in [1.54, 1.807) is 4.68 Å². The number of carbonyl (C=O) groups excluding carboxylic acids is 1. The molecule has 26 heavy (non-hydrogen) atoms. The molecule has 0 bridgehead atoms. The lowest BCUT2D eigenvalue weighted by Gasteiger charge is -2.33. The maximum atomic E-state index is 11.8. The van der Waals surface area contributed by atoms with E-state index in [1.165, 1.54) is 11.1 Å². The molecule has 2 aromatic rings. The summed E-state index contributed by atoms with van der Waals surface area (Å²) in [4.78, 5) is 24.1. The van der Waals surface area contributed by atoms with E-state index < -0.39 is 17.9 Å². The molecule has 9 nitrogen and oxygen atoms in total. The third-order valence-electron chi connectivity index (χ3n) is 4.39. The number of hydrogen-bond donors (Lipinski definition) is 3. The van der Waals surface area contributed by atoms with E-state index in [4.69, 9.17) is 10.8 Å². The standard InChI is InChI=1S/C17H18N6O3/c18-8-11-9-22(17(25)26)7-6-14(11)23-10-13(15(19)24)16(21-23)20-12-4-2-1-3-5-12/h1-5,10-11,14H,6-7,9H2,(H2,19,24)(H,20,21)(H,25,26)/t11-,14+/m0/s1. The van der Waals surface area contributed by atoms with Crippen molar-refractivity contribution in [3.8, 4) is 6.07 Å². The summed E-state index contributed by atoms with van der Waals surface area (Å²) >= 11 is 0. The molecule has 2 atom stereocenters. The fraction of sp³-hybridized carbons (Fsp3) is 0.294. The lowest BCUT2D eigenvalue weighted by Crippen LogP contribution is -2.43. The van der Waals surface area contributed by atoms with Crippen LogP contribution in [-0.4, -0.2) is 44.9 Å². The number of rotatable bonds is 4. The number of amides is 2. The SMILES string of the molecule is N#C[C@H]1CN(C(=O)O)CC[C@H]1n1cc(C(N)=O)c(Nc2ccccc2)n1. The zero-order valence-corrected chi connectivity index (χ0v) is 13.9. The molecule has 1 fully saturated rings. The fourth-order valence-electron chi connectivity index (χ4n) is 3.05. The Morgan fingerprint density at radius 2 is 2.08 bits per heavy atom. The molecule has 0 unspecified atom stereocenters. The lowest BCUT2D eigenvalue weighted by molar-refractivity contribution is 0.100. The Kier molecular flexibility index (Phi) is 4.75. The minimum atomic E-state index is -1.05. The van der Waals surface area contributed by atoms with Gasteiger partial charge in [-0.25, -0.2) is 4.79 Å². The number of carboxylic acid groups (broad SMARTS) is 1. The molecule has 2 heterocycles. The predicted octanol–water partition coefficient (Wildman–Crippen LogP) is 1.79. The number of nitrogens with one attached hydrogen (secondary N) is 1. The summed E-state index contributed by atoms with van der Waals surface area (Å²) in [7, 11) is 0. The second-order valence-electron chi connectivity index (χ2n) is 6.05. The van der Waals surface area contributed by atoms with Crippen molar-refractivity contribution in [2.75, 3.05) is 18.4 Å². The van der Waals surface area contributed by atoms with Gasteiger partial charge in [-0.3, -0.25) is 9.48 Å². The van der Waals surface area contributed by atoms with Gasteiger partial charge in [-0.1, -0.05) is 18.2 Å². The molecule has 0 aliphatic carbocycles. The molecule has 1 aromatic carbocycles. The number of anilines is 2. The van der Waals surface area contributed by atoms with Gasteiger partial charge in [-0.05, 0) is 18.6 Å². The van der Waals surface area contributed by atoms with Crippen LogP contribution in [0.15, 0.2) is 36.5 Å². The molecule has 9 heteroatoms. The van der Waals surface area contributed by atoms with Crippen LogP contribution in [0.3, 0.4) is 0 Å². The van der Waals surface area contributed by atoms with E-state index in [-0.39, 0.29) is 18.2 Å². The van der Waals surface area contributed by atoms with E-state index in [0.717, 1.165) is 5.69 Å². The summed E-state index contributed by atoms with van der Waals surface area (Å²) in [5.74, 6) is -0.891. The van der Waals surface area contributed by atoms with Gasteiger partial charge in [-0.2, -0.15) is 10.4 Å². The van der Waals surface area contributed by atoms with Crippen molar-refractivity contribution < 1.29 is 14.7 Å².